The van der Waals surface area contributed by atoms with Gasteiger partial charge in [0.2, 0.25) is 0 Å². The molecular formula is C13H14FNO2. The van der Waals surface area contributed by atoms with E-state index >= 15 is 0 Å². The highest BCUT2D eigenvalue weighted by molar-refractivity contribution is 5.48. The van der Waals surface area contributed by atoms with Gasteiger partial charge in [-0.05, 0) is 38.1 Å². The summed E-state index contributed by atoms with van der Waals surface area (Å²) in [6.45, 7) is 3.79. The van der Waals surface area contributed by atoms with Crippen molar-refractivity contribution in [2.24, 2.45) is 0 Å². The molecule has 2 rings (SSSR count). The van der Waals surface area contributed by atoms with E-state index in [1.54, 1.807) is 6.07 Å². The Bertz CT molecular complexity index is 522. The van der Waals surface area contributed by atoms with Crippen LogP contribution in [0.15, 0.2) is 34.7 Å². The SMILES string of the molecule is Cc1ccc(C(C)Nc2ccc(O)c(F)c2)o1. The third kappa shape index (κ3) is 2.58. The smallest absolute Gasteiger partial charge is 0.166 e. The van der Waals surface area contributed by atoms with Crippen molar-refractivity contribution >= 4 is 5.69 Å². The quantitative estimate of drug-likeness (QED) is 0.799. The second kappa shape index (κ2) is 4.49. The molecular weight excluding hydrogens is 221 g/mol. The van der Waals surface area contributed by atoms with Crippen molar-refractivity contribution in [1.82, 2.24) is 0 Å². The standard InChI is InChI=1S/C13H14FNO2/c1-8-3-6-13(17-8)9(2)15-10-4-5-12(16)11(14)7-10/h3-7,9,15-16H,1-2H3. The van der Waals surface area contributed by atoms with Gasteiger partial charge in [0.15, 0.2) is 11.6 Å². The van der Waals surface area contributed by atoms with Crippen LogP contribution in [0.5, 0.6) is 5.75 Å². The van der Waals surface area contributed by atoms with E-state index in [1.165, 1.54) is 12.1 Å². The van der Waals surface area contributed by atoms with Gasteiger partial charge in [0, 0.05) is 11.8 Å². The van der Waals surface area contributed by atoms with Gasteiger partial charge in [-0.15, -0.1) is 0 Å². The molecule has 0 aliphatic carbocycles. The van der Waals surface area contributed by atoms with E-state index in [1.807, 2.05) is 26.0 Å². The summed E-state index contributed by atoms with van der Waals surface area (Å²) in [6.07, 6.45) is 0. The van der Waals surface area contributed by atoms with Crippen molar-refractivity contribution in [3.05, 3.63) is 47.7 Å². The maximum absolute atomic E-state index is 13.1. The average Bonchev–Trinajstić information content (AvgIpc) is 2.70. The minimum absolute atomic E-state index is 0.0624. The minimum Gasteiger partial charge on any atom is -0.505 e. The van der Waals surface area contributed by atoms with E-state index in [-0.39, 0.29) is 11.8 Å². The summed E-state index contributed by atoms with van der Waals surface area (Å²) in [4.78, 5) is 0. The third-order valence-electron chi connectivity index (χ3n) is 2.52. The molecule has 0 saturated heterocycles. The van der Waals surface area contributed by atoms with Crippen molar-refractivity contribution in [1.29, 1.82) is 0 Å². The molecule has 1 aromatic carbocycles. The van der Waals surface area contributed by atoms with Crippen LogP contribution in [0.1, 0.15) is 24.5 Å². The van der Waals surface area contributed by atoms with Crippen molar-refractivity contribution in [2.45, 2.75) is 19.9 Å². The molecule has 0 fully saturated rings. The highest BCUT2D eigenvalue weighted by atomic mass is 19.1. The zero-order chi connectivity index (χ0) is 12.4. The largest absolute Gasteiger partial charge is 0.505 e. The molecule has 0 amide bonds. The van der Waals surface area contributed by atoms with Gasteiger partial charge in [0.25, 0.3) is 0 Å². The van der Waals surface area contributed by atoms with Crippen LogP contribution in [-0.2, 0) is 0 Å². The molecule has 0 saturated carbocycles. The summed E-state index contributed by atoms with van der Waals surface area (Å²) in [5.41, 5.74) is 0.599. The minimum atomic E-state index is -0.641. The molecule has 4 heteroatoms. The number of aryl methyl sites for hydroxylation is 1. The maximum atomic E-state index is 13.1. The van der Waals surface area contributed by atoms with Gasteiger partial charge in [-0.1, -0.05) is 0 Å². The molecule has 2 N–H and O–H groups in total. The van der Waals surface area contributed by atoms with E-state index in [0.29, 0.717) is 5.69 Å². The van der Waals surface area contributed by atoms with Crippen LogP contribution in [0.3, 0.4) is 0 Å². The number of benzene rings is 1. The summed E-state index contributed by atoms with van der Waals surface area (Å²) >= 11 is 0. The zero-order valence-corrected chi connectivity index (χ0v) is 9.70. The fourth-order valence-electron chi connectivity index (χ4n) is 1.60. The zero-order valence-electron chi connectivity index (χ0n) is 9.70. The Morgan fingerprint density at radius 1 is 1.29 bits per heavy atom. The molecule has 17 heavy (non-hydrogen) atoms. The Hall–Kier alpha value is -1.97. The lowest BCUT2D eigenvalue weighted by Crippen LogP contribution is -2.05. The van der Waals surface area contributed by atoms with E-state index in [9.17, 15) is 4.39 Å². The number of phenolic OH excluding ortho intramolecular Hbond substituents is 1. The molecule has 1 heterocycles. The van der Waals surface area contributed by atoms with Gasteiger partial charge < -0.3 is 14.8 Å². The normalized spacial score (nSPS) is 12.4. The number of furan rings is 1. The number of nitrogens with one attached hydrogen (secondary N) is 1. The van der Waals surface area contributed by atoms with Gasteiger partial charge >= 0.3 is 0 Å². The molecule has 0 aliphatic heterocycles. The molecule has 1 atom stereocenters. The Morgan fingerprint density at radius 2 is 2.06 bits per heavy atom. The van der Waals surface area contributed by atoms with E-state index in [2.05, 4.69) is 5.32 Å². The second-order valence-electron chi connectivity index (χ2n) is 3.98. The first kappa shape index (κ1) is 11.5. The number of aromatic hydroxyl groups is 1. The Balaban J connectivity index is 2.12. The molecule has 3 nitrogen and oxygen atoms in total. The molecule has 2 aromatic rings. The summed E-state index contributed by atoms with van der Waals surface area (Å²) in [6, 6.07) is 7.88. The van der Waals surface area contributed by atoms with Crippen molar-refractivity contribution in [3.63, 3.8) is 0 Å². The first-order valence-electron chi connectivity index (χ1n) is 5.37. The number of anilines is 1. The highest BCUT2D eigenvalue weighted by Gasteiger charge is 2.10. The number of hydrogen-bond acceptors (Lipinski definition) is 3. The summed E-state index contributed by atoms with van der Waals surface area (Å²) < 4.78 is 18.6. The van der Waals surface area contributed by atoms with Crippen LogP contribution in [0.2, 0.25) is 0 Å². The van der Waals surface area contributed by atoms with Crippen LogP contribution in [0.4, 0.5) is 10.1 Å². The predicted molar refractivity (Wildman–Crippen MR) is 63.5 cm³/mol. The lowest BCUT2D eigenvalue weighted by atomic mass is 10.2. The topological polar surface area (TPSA) is 45.4 Å². The molecule has 0 bridgehead atoms. The highest BCUT2D eigenvalue weighted by Crippen LogP contribution is 2.24. The van der Waals surface area contributed by atoms with Crippen LogP contribution < -0.4 is 5.32 Å². The fraction of sp³-hybridized carbons (Fsp3) is 0.231. The lowest BCUT2D eigenvalue weighted by molar-refractivity contribution is 0.432. The molecule has 90 valence electrons. The van der Waals surface area contributed by atoms with E-state index in [0.717, 1.165) is 11.5 Å². The molecule has 0 spiro atoms. The van der Waals surface area contributed by atoms with Crippen LogP contribution >= 0.6 is 0 Å². The maximum Gasteiger partial charge on any atom is 0.166 e. The fourth-order valence-corrected chi connectivity index (χ4v) is 1.60. The summed E-state index contributed by atoms with van der Waals surface area (Å²) in [5, 5.41) is 12.2. The van der Waals surface area contributed by atoms with Crippen molar-refractivity contribution < 1.29 is 13.9 Å². The first-order chi connectivity index (χ1) is 8.06. The van der Waals surface area contributed by atoms with Gasteiger partial charge in [-0.3, -0.25) is 0 Å². The predicted octanol–water partition coefficient (Wildman–Crippen LogP) is 3.61. The van der Waals surface area contributed by atoms with Crippen molar-refractivity contribution in [2.75, 3.05) is 5.32 Å². The number of rotatable bonds is 3. The summed E-state index contributed by atoms with van der Waals surface area (Å²) in [5.74, 6) is 0.636. The summed E-state index contributed by atoms with van der Waals surface area (Å²) in [7, 11) is 0. The van der Waals surface area contributed by atoms with Gasteiger partial charge in [0.05, 0.1) is 6.04 Å². The van der Waals surface area contributed by atoms with E-state index < -0.39 is 5.82 Å². The third-order valence-corrected chi connectivity index (χ3v) is 2.52. The lowest BCUT2D eigenvalue weighted by Gasteiger charge is -2.13. The second-order valence-corrected chi connectivity index (χ2v) is 3.98. The molecule has 1 aromatic heterocycles. The first-order valence-corrected chi connectivity index (χ1v) is 5.37. The number of hydrogen-bond donors (Lipinski definition) is 2. The Morgan fingerprint density at radius 3 is 2.65 bits per heavy atom. The molecule has 0 radical (unpaired) electrons. The van der Waals surface area contributed by atoms with Gasteiger partial charge in [0.1, 0.15) is 11.5 Å². The Labute approximate surface area is 98.9 Å². The van der Waals surface area contributed by atoms with Crippen LogP contribution in [0.25, 0.3) is 0 Å². The molecule has 0 aliphatic rings. The van der Waals surface area contributed by atoms with E-state index in [4.69, 9.17) is 9.52 Å². The number of phenols is 1. The average molecular weight is 235 g/mol. The van der Waals surface area contributed by atoms with Gasteiger partial charge in [-0.25, -0.2) is 4.39 Å². The molecule has 1 unspecified atom stereocenters. The van der Waals surface area contributed by atoms with Crippen LogP contribution in [0, 0.1) is 12.7 Å². The Kier molecular flexibility index (Phi) is 3.04. The van der Waals surface area contributed by atoms with Crippen LogP contribution in [-0.4, -0.2) is 5.11 Å². The van der Waals surface area contributed by atoms with Crippen molar-refractivity contribution in [3.8, 4) is 5.75 Å². The number of halogens is 1. The monoisotopic (exact) mass is 235 g/mol. The van der Waals surface area contributed by atoms with Gasteiger partial charge in [-0.2, -0.15) is 0 Å².